The normalized spacial score (nSPS) is 10.8. The molecule has 5 heteroatoms. The highest BCUT2D eigenvalue weighted by Gasteiger charge is 2.09. The maximum Gasteiger partial charge on any atom is 0.343 e. The van der Waals surface area contributed by atoms with Gasteiger partial charge in [-0.25, -0.2) is 9.18 Å². The molecule has 170 valence electrons. The lowest BCUT2D eigenvalue weighted by Crippen LogP contribution is -2.08. The van der Waals surface area contributed by atoms with Crippen molar-refractivity contribution in [1.29, 1.82) is 0 Å². The summed E-state index contributed by atoms with van der Waals surface area (Å²) in [5.41, 5.74) is 1.61. The molecule has 0 aromatic heterocycles. The van der Waals surface area contributed by atoms with Gasteiger partial charge in [0.15, 0.2) is 5.78 Å². The predicted molar refractivity (Wildman–Crippen MR) is 127 cm³/mol. The number of hydrogen-bond donors (Lipinski definition) is 0. The summed E-state index contributed by atoms with van der Waals surface area (Å²) in [7, 11) is 0. The molecule has 4 nitrogen and oxygen atoms in total. The molecule has 3 rings (SSSR count). The lowest BCUT2D eigenvalue weighted by atomic mass is 10.1. The van der Waals surface area contributed by atoms with E-state index in [1.54, 1.807) is 54.6 Å². The molecule has 33 heavy (non-hydrogen) atoms. The molecule has 0 unspecified atom stereocenters. The highest BCUT2D eigenvalue weighted by Crippen LogP contribution is 2.18. The fourth-order valence-electron chi connectivity index (χ4n) is 3.10. The quantitative estimate of drug-likeness (QED) is 0.106. The van der Waals surface area contributed by atoms with Gasteiger partial charge in [-0.3, -0.25) is 4.79 Å². The third-order valence-electron chi connectivity index (χ3n) is 5.00. The summed E-state index contributed by atoms with van der Waals surface area (Å²) in [5.74, 6) is 0.0635. The van der Waals surface area contributed by atoms with E-state index in [0.717, 1.165) is 24.2 Å². The number of halogens is 1. The molecular formula is C28H27FO4. The first-order valence-corrected chi connectivity index (χ1v) is 11.1. The molecular weight excluding hydrogens is 419 g/mol. The van der Waals surface area contributed by atoms with Crippen LogP contribution in [-0.2, 0) is 0 Å². The van der Waals surface area contributed by atoms with Crippen molar-refractivity contribution in [3.8, 4) is 11.5 Å². The lowest BCUT2D eigenvalue weighted by Gasteiger charge is -2.08. The van der Waals surface area contributed by atoms with Gasteiger partial charge < -0.3 is 9.47 Å². The van der Waals surface area contributed by atoms with E-state index in [0.29, 0.717) is 23.5 Å². The smallest absolute Gasteiger partial charge is 0.343 e. The molecule has 3 aromatic carbocycles. The van der Waals surface area contributed by atoms with E-state index in [9.17, 15) is 14.0 Å². The Balaban J connectivity index is 1.50. The maximum atomic E-state index is 13.0. The molecule has 0 amide bonds. The van der Waals surface area contributed by atoms with Gasteiger partial charge >= 0.3 is 5.97 Å². The Labute approximate surface area is 193 Å². The van der Waals surface area contributed by atoms with Crippen molar-refractivity contribution in [2.45, 2.75) is 32.6 Å². The fraction of sp³-hybridized carbons (Fsp3) is 0.214. The van der Waals surface area contributed by atoms with E-state index < -0.39 is 5.97 Å². The molecule has 3 aromatic rings. The zero-order chi connectivity index (χ0) is 23.5. The molecule has 0 fully saturated rings. The van der Waals surface area contributed by atoms with E-state index in [1.807, 2.05) is 0 Å². The maximum absolute atomic E-state index is 13.0. The van der Waals surface area contributed by atoms with Gasteiger partial charge in [-0.15, -0.1) is 0 Å². The SMILES string of the molecule is CCCCCCOc1ccc(C(=O)Oc2ccc(/C=C/C(=O)c3ccc(F)cc3)cc2)cc1. The van der Waals surface area contributed by atoms with Crippen LogP contribution in [0.4, 0.5) is 4.39 Å². The van der Waals surface area contributed by atoms with Gasteiger partial charge in [0.25, 0.3) is 0 Å². The molecule has 0 saturated heterocycles. The Kier molecular flexibility index (Phi) is 8.95. The van der Waals surface area contributed by atoms with Crippen LogP contribution in [0, 0.1) is 5.82 Å². The van der Waals surface area contributed by atoms with Gasteiger partial charge in [0, 0.05) is 5.56 Å². The molecule has 0 aliphatic heterocycles. The third kappa shape index (κ3) is 7.72. The van der Waals surface area contributed by atoms with Crippen molar-refractivity contribution in [2.75, 3.05) is 6.61 Å². The van der Waals surface area contributed by atoms with E-state index in [1.165, 1.54) is 43.2 Å². The zero-order valence-electron chi connectivity index (χ0n) is 18.6. The monoisotopic (exact) mass is 446 g/mol. The highest BCUT2D eigenvalue weighted by atomic mass is 19.1. The van der Waals surface area contributed by atoms with Crippen LogP contribution in [0.1, 0.15) is 58.9 Å². The Morgan fingerprint density at radius 2 is 1.42 bits per heavy atom. The molecule has 0 bridgehead atoms. The van der Waals surface area contributed by atoms with Crippen LogP contribution in [0.15, 0.2) is 78.9 Å². The minimum absolute atomic E-state index is 0.223. The van der Waals surface area contributed by atoms with Crippen LogP contribution in [0.25, 0.3) is 6.08 Å². The minimum atomic E-state index is -0.459. The zero-order valence-corrected chi connectivity index (χ0v) is 18.6. The molecule has 0 spiro atoms. The summed E-state index contributed by atoms with van der Waals surface area (Å²) in [5, 5.41) is 0. The second-order valence-corrected chi connectivity index (χ2v) is 7.60. The minimum Gasteiger partial charge on any atom is -0.494 e. The van der Waals surface area contributed by atoms with Gasteiger partial charge in [0.05, 0.1) is 12.2 Å². The van der Waals surface area contributed by atoms with E-state index in [4.69, 9.17) is 9.47 Å². The summed E-state index contributed by atoms with van der Waals surface area (Å²) in [6.07, 6.45) is 7.64. The summed E-state index contributed by atoms with van der Waals surface area (Å²) in [4.78, 5) is 24.5. The van der Waals surface area contributed by atoms with Crippen LogP contribution >= 0.6 is 0 Å². The van der Waals surface area contributed by atoms with Crippen molar-refractivity contribution >= 4 is 17.8 Å². The number of hydrogen-bond acceptors (Lipinski definition) is 4. The van der Waals surface area contributed by atoms with E-state index >= 15 is 0 Å². The lowest BCUT2D eigenvalue weighted by molar-refractivity contribution is 0.0734. The van der Waals surface area contributed by atoms with Gasteiger partial charge in [-0.1, -0.05) is 44.4 Å². The van der Waals surface area contributed by atoms with Crippen molar-refractivity contribution in [2.24, 2.45) is 0 Å². The standard InChI is InChI=1S/C28H27FO4/c1-2-3-4-5-20-32-25-17-11-23(12-18-25)28(31)33-26-15-6-21(7-16-26)8-19-27(30)22-9-13-24(29)14-10-22/h6-19H,2-5,20H2,1H3/b19-8+. The number of rotatable bonds is 11. The Hall–Kier alpha value is -3.73. The average molecular weight is 447 g/mol. The number of ketones is 1. The Morgan fingerprint density at radius 1 is 0.788 bits per heavy atom. The van der Waals surface area contributed by atoms with Crippen molar-refractivity contribution in [1.82, 2.24) is 0 Å². The number of allylic oxidation sites excluding steroid dienone is 1. The second-order valence-electron chi connectivity index (χ2n) is 7.60. The first kappa shape index (κ1) is 23.9. The summed E-state index contributed by atoms with van der Waals surface area (Å²) >= 11 is 0. The third-order valence-corrected chi connectivity index (χ3v) is 5.00. The summed E-state index contributed by atoms with van der Waals surface area (Å²) in [6, 6.07) is 19.1. The second kappa shape index (κ2) is 12.3. The molecule has 0 saturated carbocycles. The Bertz CT molecular complexity index is 1070. The van der Waals surface area contributed by atoms with Crippen molar-refractivity contribution in [3.63, 3.8) is 0 Å². The number of carbonyl (C=O) groups is 2. The van der Waals surface area contributed by atoms with E-state index in [2.05, 4.69) is 6.92 Å². The van der Waals surface area contributed by atoms with Gasteiger partial charge in [-0.05, 0) is 78.7 Å². The first-order chi connectivity index (χ1) is 16.0. The predicted octanol–water partition coefficient (Wildman–Crippen LogP) is 6.90. The van der Waals surface area contributed by atoms with Crippen LogP contribution in [-0.4, -0.2) is 18.4 Å². The van der Waals surface area contributed by atoms with Crippen molar-refractivity contribution < 1.29 is 23.5 Å². The molecule has 0 aliphatic carbocycles. The topological polar surface area (TPSA) is 52.6 Å². The molecule has 0 atom stereocenters. The van der Waals surface area contributed by atoms with Gasteiger partial charge in [-0.2, -0.15) is 0 Å². The van der Waals surface area contributed by atoms with Crippen molar-refractivity contribution in [3.05, 3.63) is 101 Å². The number of benzene rings is 3. The molecule has 0 radical (unpaired) electrons. The van der Waals surface area contributed by atoms with Crippen LogP contribution in [0.2, 0.25) is 0 Å². The number of carbonyl (C=O) groups excluding carboxylic acids is 2. The van der Waals surface area contributed by atoms with E-state index in [-0.39, 0.29) is 11.6 Å². The van der Waals surface area contributed by atoms with Gasteiger partial charge in [0.2, 0.25) is 0 Å². The largest absolute Gasteiger partial charge is 0.494 e. The average Bonchev–Trinajstić information content (AvgIpc) is 2.84. The number of unbranched alkanes of at least 4 members (excludes halogenated alkanes) is 3. The fourth-order valence-corrected chi connectivity index (χ4v) is 3.10. The molecule has 0 N–H and O–H groups in total. The molecule has 0 aliphatic rings. The van der Waals surface area contributed by atoms with Crippen LogP contribution < -0.4 is 9.47 Å². The highest BCUT2D eigenvalue weighted by molar-refractivity contribution is 6.06. The molecule has 0 heterocycles. The van der Waals surface area contributed by atoms with Crippen LogP contribution in [0.3, 0.4) is 0 Å². The summed E-state index contributed by atoms with van der Waals surface area (Å²) < 4.78 is 24.1. The Morgan fingerprint density at radius 3 is 2.09 bits per heavy atom. The summed E-state index contributed by atoms with van der Waals surface area (Å²) in [6.45, 7) is 2.84. The number of esters is 1. The number of ether oxygens (including phenoxy) is 2. The van der Waals surface area contributed by atoms with Gasteiger partial charge in [0.1, 0.15) is 17.3 Å². The van der Waals surface area contributed by atoms with Crippen LogP contribution in [0.5, 0.6) is 11.5 Å². The first-order valence-electron chi connectivity index (χ1n) is 11.1.